The Kier molecular flexibility index (Phi) is 4.14. The van der Waals surface area contributed by atoms with Gasteiger partial charge in [0.15, 0.2) is 0 Å². The van der Waals surface area contributed by atoms with Gasteiger partial charge in [0.1, 0.15) is 5.82 Å². The average Bonchev–Trinajstić information content (AvgIpc) is 2.32. The highest BCUT2D eigenvalue weighted by Crippen LogP contribution is 2.34. The molecule has 2 rings (SSSR count). The summed E-state index contributed by atoms with van der Waals surface area (Å²) < 4.78 is 14.0. The third-order valence-electron chi connectivity index (χ3n) is 4.08. The normalized spacial score (nSPS) is 20.4. The van der Waals surface area contributed by atoms with Crippen LogP contribution in [0.1, 0.15) is 39.2 Å². The zero-order chi connectivity index (χ0) is 14.0. The number of nitrogens with two attached hydrogens (primary N) is 1. The van der Waals surface area contributed by atoms with Crippen molar-refractivity contribution >= 4 is 5.69 Å². The van der Waals surface area contributed by atoms with Gasteiger partial charge in [0, 0.05) is 30.4 Å². The summed E-state index contributed by atoms with van der Waals surface area (Å²) >= 11 is 0. The van der Waals surface area contributed by atoms with Crippen LogP contribution in [0.2, 0.25) is 0 Å². The van der Waals surface area contributed by atoms with E-state index in [2.05, 4.69) is 18.7 Å². The molecule has 1 aliphatic rings. The maximum Gasteiger partial charge on any atom is 0.128 e. The van der Waals surface area contributed by atoms with Crippen molar-refractivity contribution in [3.8, 4) is 0 Å². The molecule has 0 bridgehead atoms. The molecule has 0 radical (unpaired) electrons. The molecule has 0 aliphatic carbocycles. The van der Waals surface area contributed by atoms with Crippen LogP contribution in [0.3, 0.4) is 0 Å². The number of piperidine rings is 1. The number of benzene rings is 1. The SMILES string of the molecule is CC(N)Cc1c(F)cccc1N1CCC(C)(C)CC1. The first kappa shape index (κ1) is 14.3. The van der Waals surface area contributed by atoms with Crippen LogP contribution in [0, 0.1) is 11.2 Å². The lowest BCUT2D eigenvalue weighted by Gasteiger charge is -2.39. The van der Waals surface area contributed by atoms with Crippen molar-refractivity contribution in [1.82, 2.24) is 0 Å². The van der Waals surface area contributed by atoms with Gasteiger partial charge in [-0.05, 0) is 43.7 Å². The Morgan fingerprint density at radius 2 is 1.95 bits per heavy atom. The molecule has 1 aromatic rings. The van der Waals surface area contributed by atoms with Gasteiger partial charge in [0.2, 0.25) is 0 Å². The van der Waals surface area contributed by atoms with Crippen molar-refractivity contribution in [2.24, 2.45) is 11.1 Å². The molecule has 106 valence electrons. The molecule has 3 heteroatoms. The molecule has 0 aromatic heterocycles. The standard InChI is InChI=1S/C16H25FN2/c1-12(18)11-13-14(17)5-4-6-15(13)19-9-7-16(2,3)8-10-19/h4-6,12H,7-11,18H2,1-3H3. The fraction of sp³-hybridized carbons (Fsp3) is 0.625. The summed E-state index contributed by atoms with van der Waals surface area (Å²) in [5.74, 6) is -0.125. The minimum atomic E-state index is -0.125. The number of hydrogen-bond donors (Lipinski definition) is 1. The second kappa shape index (κ2) is 5.49. The van der Waals surface area contributed by atoms with Crippen LogP contribution in [-0.4, -0.2) is 19.1 Å². The Hall–Kier alpha value is -1.09. The van der Waals surface area contributed by atoms with E-state index in [1.54, 1.807) is 6.07 Å². The van der Waals surface area contributed by atoms with E-state index in [-0.39, 0.29) is 11.9 Å². The highest BCUT2D eigenvalue weighted by atomic mass is 19.1. The minimum Gasteiger partial charge on any atom is -0.371 e. The second-order valence-corrected chi connectivity index (χ2v) is 6.57. The predicted molar refractivity (Wildman–Crippen MR) is 79.0 cm³/mol. The van der Waals surface area contributed by atoms with Crippen molar-refractivity contribution in [2.75, 3.05) is 18.0 Å². The van der Waals surface area contributed by atoms with Crippen LogP contribution in [0.15, 0.2) is 18.2 Å². The highest BCUT2D eigenvalue weighted by Gasteiger charge is 2.27. The number of hydrogen-bond acceptors (Lipinski definition) is 2. The van der Waals surface area contributed by atoms with E-state index in [1.807, 2.05) is 13.0 Å². The lowest BCUT2D eigenvalue weighted by Crippen LogP contribution is -2.38. The van der Waals surface area contributed by atoms with Gasteiger partial charge in [-0.2, -0.15) is 0 Å². The van der Waals surface area contributed by atoms with E-state index in [0.717, 1.165) is 37.2 Å². The van der Waals surface area contributed by atoms with Crippen molar-refractivity contribution in [3.05, 3.63) is 29.6 Å². The fourth-order valence-corrected chi connectivity index (χ4v) is 2.72. The van der Waals surface area contributed by atoms with E-state index in [9.17, 15) is 4.39 Å². The zero-order valence-corrected chi connectivity index (χ0v) is 12.2. The van der Waals surface area contributed by atoms with Crippen LogP contribution in [0.5, 0.6) is 0 Å². The van der Waals surface area contributed by atoms with Gasteiger partial charge < -0.3 is 10.6 Å². The van der Waals surface area contributed by atoms with Crippen molar-refractivity contribution < 1.29 is 4.39 Å². The van der Waals surface area contributed by atoms with E-state index in [0.29, 0.717) is 11.8 Å². The predicted octanol–water partition coefficient (Wildman–Crippen LogP) is 3.34. The topological polar surface area (TPSA) is 29.3 Å². The summed E-state index contributed by atoms with van der Waals surface area (Å²) in [5.41, 5.74) is 8.07. The molecule has 19 heavy (non-hydrogen) atoms. The quantitative estimate of drug-likeness (QED) is 0.907. The van der Waals surface area contributed by atoms with Gasteiger partial charge in [-0.25, -0.2) is 4.39 Å². The highest BCUT2D eigenvalue weighted by molar-refractivity contribution is 5.55. The van der Waals surface area contributed by atoms with Gasteiger partial charge in [-0.1, -0.05) is 19.9 Å². The van der Waals surface area contributed by atoms with Crippen molar-refractivity contribution in [3.63, 3.8) is 0 Å². The summed E-state index contributed by atoms with van der Waals surface area (Å²) in [7, 11) is 0. The summed E-state index contributed by atoms with van der Waals surface area (Å²) in [4.78, 5) is 2.31. The minimum absolute atomic E-state index is 0.0168. The first-order chi connectivity index (χ1) is 8.89. The second-order valence-electron chi connectivity index (χ2n) is 6.57. The monoisotopic (exact) mass is 264 g/mol. The number of anilines is 1. The zero-order valence-electron chi connectivity index (χ0n) is 12.2. The van der Waals surface area contributed by atoms with E-state index in [1.165, 1.54) is 6.07 Å². The molecule has 0 saturated carbocycles. The van der Waals surface area contributed by atoms with Crippen LogP contribution in [0.25, 0.3) is 0 Å². The molecule has 1 aromatic carbocycles. The molecule has 1 atom stereocenters. The van der Waals surface area contributed by atoms with Gasteiger partial charge in [0.25, 0.3) is 0 Å². The number of nitrogens with zero attached hydrogens (tertiary/aromatic N) is 1. The molecule has 0 spiro atoms. The van der Waals surface area contributed by atoms with E-state index >= 15 is 0 Å². The van der Waals surface area contributed by atoms with Gasteiger partial charge in [-0.15, -0.1) is 0 Å². The largest absolute Gasteiger partial charge is 0.371 e. The summed E-state index contributed by atoms with van der Waals surface area (Å²) in [6.45, 7) is 8.54. The molecular formula is C16H25FN2. The third kappa shape index (κ3) is 3.47. The first-order valence-corrected chi connectivity index (χ1v) is 7.17. The van der Waals surface area contributed by atoms with Crippen LogP contribution < -0.4 is 10.6 Å². The Morgan fingerprint density at radius 3 is 2.53 bits per heavy atom. The maximum absolute atomic E-state index is 14.0. The molecule has 1 unspecified atom stereocenters. The molecule has 2 N–H and O–H groups in total. The fourth-order valence-electron chi connectivity index (χ4n) is 2.72. The maximum atomic E-state index is 14.0. The first-order valence-electron chi connectivity index (χ1n) is 7.17. The molecular weight excluding hydrogens is 239 g/mol. The Morgan fingerprint density at radius 1 is 1.32 bits per heavy atom. The van der Waals surface area contributed by atoms with Crippen molar-refractivity contribution in [1.29, 1.82) is 0 Å². The number of halogens is 1. The Balaban J connectivity index is 2.22. The smallest absolute Gasteiger partial charge is 0.128 e. The van der Waals surface area contributed by atoms with Crippen LogP contribution in [0.4, 0.5) is 10.1 Å². The molecule has 1 aliphatic heterocycles. The van der Waals surface area contributed by atoms with E-state index in [4.69, 9.17) is 5.73 Å². The Labute approximate surface area is 115 Å². The van der Waals surface area contributed by atoms with Gasteiger partial charge in [0.05, 0.1) is 0 Å². The lowest BCUT2D eigenvalue weighted by molar-refractivity contribution is 0.279. The lowest BCUT2D eigenvalue weighted by atomic mass is 9.82. The number of rotatable bonds is 3. The molecule has 1 heterocycles. The Bertz CT molecular complexity index is 430. The molecule has 1 saturated heterocycles. The van der Waals surface area contributed by atoms with Gasteiger partial charge in [-0.3, -0.25) is 0 Å². The van der Waals surface area contributed by atoms with Crippen LogP contribution >= 0.6 is 0 Å². The van der Waals surface area contributed by atoms with E-state index < -0.39 is 0 Å². The molecule has 0 amide bonds. The van der Waals surface area contributed by atoms with Crippen molar-refractivity contribution in [2.45, 2.75) is 46.1 Å². The molecule has 1 fully saturated rings. The average molecular weight is 264 g/mol. The summed E-state index contributed by atoms with van der Waals surface area (Å²) in [6, 6.07) is 5.35. The van der Waals surface area contributed by atoms with Crippen LogP contribution in [-0.2, 0) is 6.42 Å². The summed E-state index contributed by atoms with van der Waals surface area (Å²) in [5, 5.41) is 0. The summed E-state index contributed by atoms with van der Waals surface area (Å²) in [6.07, 6.45) is 2.91. The third-order valence-corrected chi connectivity index (χ3v) is 4.08. The van der Waals surface area contributed by atoms with Gasteiger partial charge >= 0.3 is 0 Å². The molecule has 2 nitrogen and oxygen atoms in total.